The lowest BCUT2D eigenvalue weighted by molar-refractivity contribution is -0.126. The van der Waals surface area contributed by atoms with E-state index in [1.807, 2.05) is 6.07 Å². The summed E-state index contributed by atoms with van der Waals surface area (Å²) in [5.74, 6) is 1.11. The van der Waals surface area contributed by atoms with Crippen LogP contribution >= 0.6 is 0 Å². The average molecular weight is 370 g/mol. The Morgan fingerprint density at radius 2 is 1.59 bits per heavy atom. The van der Waals surface area contributed by atoms with Gasteiger partial charge in [-0.15, -0.1) is 0 Å². The zero-order chi connectivity index (χ0) is 18.5. The third kappa shape index (κ3) is 4.72. The van der Waals surface area contributed by atoms with Gasteiger partial charge in [0.15, 0.2) is 0 Å². The fourth-order valence-corrected chi connectivity index (χ4v) is 5.15. The minimum atomic E-state index is -0.110. The van der Waals surface area contributed by atoms with Crippen molar-refractivity contribution in [1.82, 2.24) is 15.1 Å². The van der Waals surface area contributed by atoms with Gasteiger partial charge < -0.3 is 10.2 Å². The number of rotatable bonds is 6. The quantitative estimate of drug-likeness (QED) is 0.835. The number of hydrogen-bond acceptors (Lipinski definition) is 3. The van der Waals surface area contributed by atoms with E-state index < -0.39 is 0 Å². The van der Waals surface area contributed by atoms with Crippen molar-refractivity contribution >= 4 is 5.91 Å². The Morgan fingerprint density at radius 1 is 0.926 bits per heavy atom. The molecule has 148 valence electrons. The maximum absolute atomic E-state index is 12.7. The Hall–Kier alpha value is -1.39. The van der Waals surface area contributed by atoms with E-state index in [1.165, 1.54) is 50.6 Å². The molecule has 0 bridgehead atoms. The van der Waals surface area contributed by atoms with Gasteiger partial charge >= 0.3 is 0 Å². The zero-order valence-corrected chi connectivity index (χ0v) is 16.7. The molecular formula is C23H35N3O. The van der Waals surface area contributed by atoms with E-state index in [9.17, 15) is 4.79 Å². The Kier molecular flexibility index (Phi) is 6.14. The van der Waals surface area contributed by atoms with Crippen LogP contribution in [0.1, 0.15) is 56.9 Å². The Morgan fingerprint density at radius 3 is 2.22 bits per heavy atom. The van der Waals surface area contributed by atoms with Crippen molar-refractivity contribution in [2.45, 2.75) is 56.9 Å². The highest BCUT2D eigenvalue weighted by atomic mass is 16.2. The predicted octanol–water partition coefficient (Wildman–Crippen LogP) is 3.38. The van der Waals surface area contributed by atoms with Crippen LogP contribution in [-0.4, -0.2) is 55.0 Å². The smallest absolute Gasteiger partial charge is 0.234 e. The lowest BCUT2D eigenvalue weighted by atomic mass is 9.72. The first-order valence-corrected chi connectivity index (χ1v) is 11.0. The van der Waals surface area contributed by atoms with Crippen LogP contribution in [-0.2, 0) is 10.3 Å². The van der Waals surface area contributed by atoms with E-state index in [4.69, 9.17) is 0 Å². The van der Waals surface area contributed by atoms with Crippen molar-refractivity contribution in [2.75, 3.05) is 39.3 Å². The lowest BCUT2D eigenvalue weighted by Gasteiger charge is -2.44. The second-order valence-corrected chi connectivity index (χ2v) is 8.93. The molecule has 1 saturated heterocycles. The largest absolute Gasteiger partial charge is 0.345 e. The van der Waals surface area contributed by atoms with Gasteiger partial charge in [0.05, 0.1) is 12.1 Å². The van der Waals surface area contributed by atoms with Crippen LogP contribution in [0.3, 0.4) is 0 Å². The first-order chi connectivity index (χ1) is 13.2. The van der Waals surface area contributed by atoms with Gasteiger partial charge in [0, 0.05) is 32.7 Å². The second-order valence-electron chi connectivity index (χ2n) is 8.93. The maximum Gasteiger partial charge on any atom is 0.234 e. The van der Waals surface area contributed by atoms with E-state index in [2.05, 4.69) is 39.4 Å². The van der Waals surface area contributed by atoms with Gasteiger partial charge in [-0.25, -0.2) is 0 Å². The molecule has 0 aromatic heterocycles. The summed E-state index contributed by atoms with van der Waals surface area (Å²) in [4.78, 5) is 17.7. The number of nitrogens with zero attached hydrogens (tertiary/aromatic N) is 2. The molecule has 4 heteroatoms. The van der Waals surface area contributed by atoms with Crippen LogP contribution in [0.15, 0.2) is 30.3 Å². The number of nitrogens with one attached hydrogen (secondary N) is 1. The Balaban J connectivity index is 1.22. The molecule has 2 saturated carbocycles. The highest BCUT2D eigenvalue weighted by Crippen LogP contribution is 2.41. The number of hydrogen-bond donors (Lipinski definition) is 1. The summed E-state index contributed by atoms with van der Waals surface area (Å²) in [6, 6.07) is 10.5. The molecule has 1 amide bonds. The van der Waals surface area contributed by atoms with Gasteiger partial charge in [-0.05, 0) is 43.6 Å². The van der Waals surface area contributed by atoms with Crippen LogP contribution in [0.2, 0.25) is 0 Å². The minimum Gasteiger partial charge on any atom is -0.345 e. The molecule has 0 atom stereocenters. The first-order valence-electron chi connectivity index (χ1n) is 11.0. The normalized spacial score (nSPS) is 24.3. The highest BCUT2D eigenvalue weighted by molar-refractivity contribution is 5.79. The predicted molar refractivity (Wildman–Crippen MR) is 110 cm³/mol. The number of piperazine rings is 1. The third-order valence-corrected chi connectivity index (χ3v) is 6.99. The first kappa shape index (κ1) is 18.9. The van der Waals surface area contributed by atoms with Gasteiger partial charge in [-0.3, -0.25) is 9.69 Å². The van der Waals surface area contributed by atoms with Gasteiger partial charge in [0.25, 0.3) is 0 Å². The summed E-state index contributed by atoms with van der Waals surface area (Å²) in [5, 5.41) is 3.38. The third-order valence-electron chi connectivity index (χ3n) is 6.99. The molecule has 4 nitrogen and oxygen atoms in total. The molecule has 1 aromatic rings. The van der Waals surface area contributed by atoms with Crippen LogP contribution in [0, 0.1) is 5.92 Å². The van der Waals surface area contributed by atoms with Crippen LogP contribution in [0.25, 0.3) is 0 Å². The van der Waals surface area contributed by atoms with Gasteiger partial charge in [-0.1, -0.05) is 49.6 Å². The van der Waals surface area contributed by atoms with Crippen LogP contribution in [0.5, 0.6) is 0 Å². The maximum atomic E-state index is 12.7. The van der Waals surface area contributed by atoms with E-state index >= 15 is 0 Å². The average Bonchev–Trinajstić information content (AvgIpc) is 2.68. The van der Waals surface area contributed by atoms with Crippen molar-refractivity contribution in [3.8, 4) is 0 Å². The molecule has 1 aromatic carbocycles. The van der Waals surface area contributed by atoms with Crippen molar-refractivity contribution in [1.29, 1.82) is 0 Å². The summed E-state index contributed by atoms with van der Waals surface area (Å²) in [7, 11) is 0. The van der Waals surface area contributed by atoms with E-state index in [-0.39, 0.29) is 11.4 Å². The SMILES string of the molecule is O=C(CN1CCN(CC2CCCCC2)CC1)NC1(c2ccccc2)CCC1. The minimum absolute atomic E-state index is 0.110. The number of carbonyl (C=O) groups excluding carboxylic acids is 1. The molecule has 1 N–H and O–H groups in total. The van der Waals surface area contributed by atoms with Crippen molar-refractivity contribution < 1.29 is 4.79 Å². The zero-order valence-electron chi connectivity index (χ0n) is 16.7. The second kappa shape index (κ2) is 8.74. The van der Waals surface area contributed by atoms with Crippen molar-refractivity contribution in [3.05, 3.63) is 35.9 Å². The molecule has 0 unspecified atom stereocenters. The molecule has 0 spiro atoms. The molecule has 3 fully saturated rings. The van der Waals surface area contributed by atoms with Gasteiger partial charge in [-0.2, -0.15) is 0 Å². The number of benzene rings is 1. The molecular weight excluding hydrogens is 334 g/mol. The Labute approximate surface area is 164 Å². The van der Waals surface area contributed by atoms with Crippen LogP contribution < -0.4 is 5.32 Å². The summed E-state index contributed by atoms with van der Waals surface area (Å²) >= 11 is 0. The molecule has 1 aliphatic heterocycles. The van der Waals surface area contributed by atoms with Gasteiger partial charge in [0.2, 0.25) is 5.91 Å². The fraction of sp³-hybridized carbons (Fsp3) is 0.696. The van der Waals surface area contributed by atoms with Crippen LogP contribution in [0.4, 0.5) is 0 Å². The molecule has 3 aliphatic rings. The Bertz CT molecular complexity index is 599. The van der Waals surface area contributed by atoms with Gasteiger partial charge in [0.1, 0.15) is 0 Å². The summed E-state index contributed by atoms with van der Waals surface area (Å²) < 4.78 is 0. The molecule has 4 rings (SSSR count). The number of carbonyl (C=O) groups is 1. The number of amides is 1. The lowest BCUT2D eigenvalue weighted by Crippen LogP contribution is -2.55. The summed E-state index contributed by atoms with van der Waals surface area (Å²) in [6.45, 7) is 6.11. The van der Waals surface area contributed by atoms with E-state index in [1.54, 1.807) is 0 Å². The van der Waals surface area contributed by atoms with E-state index in [0.29, 0.717) is 6.54 Å². The monoisotopic (exact) mass is 369 g/mol. The summed E-state index contributed by atoms with van der Waals surface area (Å²) in [6.07, 6.45) is 10.5. The topological polar surface area (TPSA) is 35.6 Å². The molecule has 2 aliphatic carbocycles. The van der Waals surface area contributed by atoms with Crippen molar-refractivity contribution in [3.63, 3.8) is 0 Å². The summed E-state index contributed by atoms with van der Waals surface area (Å²) in [5.41, 5.74) is 1.16. The molecule has 27 heavy (non-hydrogen) atoms. The molecule has 1 heterocycles. The van der Waals surface area contributed by atoms with Crippen molar-refractivity contribution in [2.24, 2.45) is 5.92 Å². The molecule has 0 radical (unpaired) electrons. The standard InChI is InChI=1S/C23H35N3O/c27-22(24-23(12-7-13-23)21-10-5-2-6-11-21)19-26-16-14-25(15-17-26)18-20-8-3-1-4-9-20/h2,5-6,10-11,20H,1,3-4,7-9,12-19H2,(H,24,27). The van der Waals surface area contributed by atoms with E-state index in [0.717, 1.165) is 44.9 Å². The highest BCUT2D eigenvalue weighted by Gasteiger charge is 2.40. The fourth-order valence-electron chi connectivity index (χ4n) is 5.15.